The fourth-order valence-corrected chi connectivity index (χ4v) is 3.91. The maximum atomic E-state index is 12.3. The van der Waals surface area contributed by atoms with E-state index in [-0.39, 0.29) is 0 Å². The van der Waals surface area contributed by atoms with Gasteiger partial charge in [-0.2, -0.15) is 0 Å². The van der Waals surface area contributed by atoms with Gasteiger partial charge in [0.2, 0.25) is 0 Å². The number of hydrogen-bond acceptors (Lipinski definition) is 1. The predicted octanol–water partition coefficient (Wildman–Crippen LogP) is 5.82. The van der Waals surface area contributed by atoms with Gasteiger partial charge in [-0.05, 0) is 60.8 Å². The predicted molar refractivity (Wildman–Crippen MR) is 95.9 cm³/mol. The highest BCUT2D eigenvalue weighted by molar-refractivity contribution is 6.30. The van der Waals surface area contributed by atoms with Crippen LogP contribution in [0.5, 0.6) is 0 Å². The molecule has 0 amide bonds. The van der Waals surface area contributed by atoms with E-state index in [0.717, 1.165) is 5.56 Å². The van der Waals surface area contributed by atoms with Crippen molar-refractivity contribution in [2.24, 2.45) is 5.92 Å². The number of ketones is 1. The Labute approximate surface area is 143 Å². The summed E-state index contributed by atoms with van der Waals surface area (Å²) in [6.07, 6.45) is 5.98. The normalized spacial score (nSPS) is 21.1. The molecule has 0 saturated heterocycles. The van der Waals surface area contributed by atoms with Gasteiger partial charge in [0.05, 0.1) is 0 Å². The zero-order chi connectivity index (χ0) is 16.1. The minimum atomic E-state index is 0.343. The van der Waals surface area contributed by atoms with Crippen molar-refractivity contribution in [1.82, 2.24) is 0 Å². The molecule has 0 aliphatic heterocycles. The van der Waals surface area contributed by atoms with E-state index in [9.17, 15) is 4.79 Å². The Kier molecular flexibility index (Phi) is 5.51. The van der Waals surface area contributed by atoms with E-state index in [2.05, 4.69) is 30.3 Å². The summed E-state index contributed by atoms with van der Waals surface area (Å²) >= 11 is 5.98. The molecule has 2 aromatic carbocycles. The molecule has 23 heavy (non-hydrogen) atoms. The van der Waals surface area contributed by atoms with Gasteiger partial charge >= 0.3 is 0 Å². The molecule has 0 spiro atoms. The van der Waals surface area contributed by atoms with Gasteiger partial charge in [0.15, 0.2) is 0 Å². The van der Waals surface area contributed by atoms with Crippen LogP contribution in [0.25, 0.3) is 0 Å². The molecule has 3 rings (SSSR count). The second kappa shape index (κ2) is 7.79. The first-order valence-electron chi connectivity index (χ1n) is 8.52. The minimum absolute atomic E-state index is 0.343. The molecule has 0 N–H and O–H groups in total. The van der Waals surface area contributed by atoms with E-state index in [4.69, 9.17) is 11.6 Å². The Morgan fingerprint density at radius 3 is 2.39 bits per heavy atom. The Morgan fingerprint density at radius 1 is 0.957 bits per heavy atom. The quantitative estimate of drug-likeness (QED) is 0.677. The lowest BCUT2D eigenvalue weighted by Gasteiger charge is -2.28. The molecule has 2 aromatic rings. The van der Waals surface area contributed by atoms with Crippen LogP contribution in [0.4, 0.5) is 0 Å². The number of halogens is 1. The van der Waals surface area contributed by atoms with Gasteiger partial charge in [-0.1, -0.05) is 54.1 Å². The van der Waals surface area contributed by atoms with Gasteiger partial charge in [0.1, 0.15) is 5.78 Å². The van der Waals surface area contributed by atoms with E-state index in [1.165, 1.54) is 31.2 Å². The van der Waals surface area contributed by atoms with Crippen molar-refractivity contribution in [3.63, 3.8) is 0 Å². The summed E-state index contributed by atoms with van der Waals surface area (Å²) in [5.41, 5.74) is 2.48. The van der Waals surface area contributed by atoms with Gasteiger partial charge in [-0.3, -0.25) is 4.79 Å². The van der Waals surface area contributed by atoms with Crippen molar-refractivity contribution in [2.75, 3.05) is 0 Å². The van der Waals surface area contributed by atoms with E-state index >= 15 is 0 Å². The summed E-state index contributed by atoms with van der Waals surface area (Å²) in [4.78, 5) is 12.3. The number of rotatable bonds is 5. The molecule has 2 heteroatoms. The first-order chi connectivity index (χ1) is 11.2. The fraction of sp³-hybridized carbons (Fsp3) is 0.381. The van der Waals surface area contributed by atoms with E-state index in [1.54, 1.807) is 0 Å². The number of carbonyl (C=O) groups is 1. The molecule has 1 fully saturated rings. The molecular weight excluding hydrogens is 304 g/mol. The van der Waals surface area contributed by atoms with Crippen molar-refractivity contribution in [2.45, 2.75) is 44.4 Å². The lowest BCUT2D eigenvalue weighted by Crippen LogP contribution is -2.17. The van der Waals surface area contributed by atoms with Crippen LogP contribution in [-0.4, -0.2) is 5.78 Å². The second-order valence-electron chi connectivity index (χ2n) is 6.68. The van der Waals surface area contributed by atoms with Crippen LogP contribution in [0.2, 0.25) is 5.02 Å². The van der Waals surface area contributed by atoms with Crippen molar-refractivity contribution in [1.29, 1.82) is 0 Å². The topological polar surface area (TPSA) is 17.1 Å². The maximum Gasteiger partial charge on any atom is 0.137 e. The van der Waals surface area contributed by atoms with Crippen LogP contribution in [0.15, 0.2) is 54.6 Å². The first kappa shape index (κ1) is 16.3. The molecule has 120 valence electrons. The summed E-state index contributed by atoms with van der Waals surface area (Å²) in [6, 6.07) is 18.4. The standard InChI is InChI=1S/C21H23ClO/c22-20-8-4-5-17(13-20)15-21(23)14-16-9-11-19(12-10-16)18-6-2-1-3-7-18/h1-8,13,16,19H,9-12,14-15H2. The van der Waals surface area contributed by atoms with Crippen LogP contribution < -0.4 is 0 Å². The molecule has 1 aliphatic carbocycles. The van der Waals surface area contributed by atoms with Gasteiger partial charge in [-0.25, -0.2) is 0 Å². The minimum Gasteiger partial charge on any atom is -0.299 e. The third-order valence-electron chi connectivity index (χ3n) is 4.92. The van der Waals surface area contributed by atoms with E-state index in [0.29, 0.717) is 35.5 Å². The molecule has 0 heterocycles. The van der Waals surface area contributed by atoms with Crippen molar-refractivity contribution in [3.05, 3.63) is 70.7 Å². The summed E-state index contributed by atoms with van der Waals surface area (Å²) in [6.45, 7) is 0. The molecule has 1 saturated carbocycles. The van der Waals surface area contributed by atoms with Crippen molar-refractivity contribution >= 4 is 17.4 Å². The summed E-state index contributed by atoms with van der Waals surface area (Å²) < 4.78 is 0. The van der Waals surface area contributed by atoms with Crippen molar-refractivity contribution in [3.8, 4) is 0 Å². The third-order valence-corrected chi connectivity index (χ3v) is 5.16. The highest BCUT2D eigenvalue weighted by Gasteiger charge is 2.23. The monoisotopic (exact) mass is 326 g/mol. The zero-order valence-electron chi connectivity index (χ0n) is 13.4. The summed E-state index contributed by atoms with van der Waals surface area (Å²) in [5.74, 6) is 1.58. The van der Waals surface area contributed by atoms with Crippen LogP contribution in [0.3, 0.4) is 0 Å². The largest absolute Gasteiger partial charge is 0.299 e. The average molecular weight is 327 g/mol. The molecule has 0 aromatic heterocycles. The SMILES string of the molecule is O=C(Cc1cccc(Cl)c1)CC1CCC(c2ccccc2)CC1. The second-order valence-corrected chi connectivity index (χ2v) is 7.11. The molecule has 1 aliphatic rings. The number of benzene rings is 2. The summed E-state index contributed by atoms with van der Waals surface area (Å²) in [7, 11) is 0. The average Bonchev–Trinajstić information content (AvgIpc) is 2.56. The van der Waals surface area contributed by atoms with Crippen LogP contribution in [0.1, 0.15) is 49.1 Å². The summed E-state index contributed by atoms with van der Waals surface area (Å²) in [5, 5.41) is 0.707. The third kappa shape index (κ3) is 4.68. The first-order valence-corrected chi connectivity index (χ1v) is 8.89. The lowest BCUT2D eigenvalue weighted by atomic mass is 9.77. The molecule has 0 bridgehead atoms. The van der Waals surface area contributed by atoms with Crippen LogP contribution in [-0.2, 0) is 11.2 Å². The van der Waals surface area contributed by atoms with E-state index in [1.807, 2.05) is 24.3 Å². The highest BCUT2D eigenvalue weighted by Crippen LogP contribution is 2.37. The van der Waals surface area contributed by atoms with Gasteiger partial charge in [-0.15, -0.1) is 0 Å². The molecular formula is C21H23ClO. The van der Waals surface area contributed by atoms with Crippen LogP contribution >= 0.6 is 11.6 Å². The van der Waals surface area contributed by atoms with Gasteiger partial charge in [0.25, 0.3) is 0 Å². The zero-order valence-corrected chi connectivity index (χ0v) is 14.1. The number of Topliss-reactive ketones (excluding diaryl/α,β-unsaturated/α-hetero) is 1. The molecule has 1 nitrogen and oxygen atoms in total. The smallest absolute Gasteiger partial charge is 0.137 e. The van der Waals surface area contributed by atoms with Crippen molar-refractivity contribution < 1.29 is 4.79 Å². The Bertz CT molecular complexity index is 642. The maximum absolute atomic E-state index is 12.3. The lowest BCUT2D eigenvalue weighted by molar-refractivity contribution is -0.119. The number of carbonyl (C=O) groups excluding carboxylic acids is 1. The van der Waals surface area contributed by atoms with Crippen LogP contribution in [0, 0.1) is 5.92 Å². The van der Waals surface area contributed by atoms with Gasteiger partial charge < -0.3 is 0 Å². The Morgan fingerprint density at radius 2 is 1.70 bits per heavy atom. The molecule has 0 unspecified atom stereocenters. The van der Waals surface area contributed by atoms with E-state index < -0.39 is 0 Å². The van der Waals surface area contributed by atoms with Gasteiger partial charge in [0, 0.05) is 17.9 Å². The molecule has 0 radical (unpaired) electrons. The highest BCUT2D eigenvalue weighted by atomic mass is 35.5. The fourth-order valence-electron chi connectivity index (χ4n) is 3.69. The molecule has 0 atom stereocenters. The Hall–Kier alpha value is -1.60. The Balaban J connectivity index is 1.48. The number of hydrogen-bond donors (Lipinski definition) is 0.